The van der Waals surface area contributed by atoms with Gasteiger partial charge >= 0.3 is 18.0 Å². The van der Waals surface area contributed by atoms with Crippen molar-refractivity contribution in [3.05, 3.63) is 70.9 Å². The van der Waals surface area contributed by atoms with Crippen molar-refractivity contribution in [1.29, 1.82) is 0 Å². The molecule has 2 amide bonds. The zero-order valence-electron chi connectivity index (χ0n) is 25.6. The lowest BCUT2D eigenvalue weighted by molar-refractivity contribution is -0.143. The molecular weight excluding hydrogens is 548 g/mol. The fraction of sp³-hybridized carbons (Fsp3) is 0.455. The molecular formula is C33H42N4O6. The topological polar surface area (TPSA) is 119 Å². The first-order valence-electron chi connectivity index (χ1n) is 14.7. The average Bonchev–Trinajstić information content (AvgIpc) is 3.02. The van der Waals surface area contributed by atoms with E-state index in [0.29, 0.717) is 35.1 Å². The van der Waals surface area contributed by atoms with Gasteiger partial charge in [-0.15, -0.1) is 0 Å². The van der Waals surface area contributed by atoms with Gasteiger partial charge < -0.3 is 29.7 Å². The standard InChI is InChI=1S/C33H42N4O6/c1-21-28(31(38)42-4)30(29(22(2)35-21)32(39)43-5)25-10-6-11-26(19-25)36-33(40)34-15-8-16-37-17-13-23(14-18-37)24-9-7-12-27(20-24)41-3/h6-7,9-12,19-20,23,28,30H,8,13-18H2,1-5H3,(H2,34,36,40). The van der Waals surface area contributed by atoms with E-state index in [1.54, 1.807) is 39.2 Å². The highest BCUT2D eigenvalue weighted by Gasteiger charge is 2.42. The maximum Gasteiger partial charge on any atom is 0.336 e. The van der Waals surface area contributed by atoms with E-state index in [-0.39, 0.29) is 11.6 Å². The molecule has 0 bridgehead atoms. The molecule has 2 aliphatic heterocycles. The number of allylic oxidation sites excluding steroid dienone is 1. The van der Waals surface area contributed by atoms with E-state index in [1.165, 1.54) is 19.8 Å². The number of piperidine rings is 1. The van der Waals surface area contributed by atoms with Crippen LogP contribution in [-0.4, -0.2) is 76.1 Å². The van der Waals surface area contributed by atoms with Crippen LogP contribution < -0.4 is 15.4 Å². The van der Waals surface area contributed by atoms with Gasteiger partial charge in [0.2, 0.25) is 0 Å². The Balaban J connectivity index is 1.30. The first-order chi connectivity index (χ1) is 20.7. The summed E-state index contributed by atoms with van der Waals surface area (Å²) in [5, 5.41) is 5.82. The monoisotopic (exact) mass is 590 g/mol. The molecule has 230 valence electrons. The molecule has 2 atom stereocenters. The van der Waals surface area contributed by atoms with Gasteiger partial charge in [0.1, 0.15) is 11.7 Å². The zero-order chi connectivity index (χ0) is 30.9. The summed E-state index contributed by atoms with van der Waals surface area (Å²) < 4.78 is 15.5. The minimum Gasteiger partial charge on any atom is -0.497 e. The third kappa shape index (κ3) is 7.81. The number of urea groups is 1. The molecule has 2 N–H and O–H groups in total. The van der Waals surface area contributed by atoms with E-state index in [0.717, 1.165) is 44.6 Å². The number of likely N-dealkylation sites (tertiary alicyclic amines) is 1. The second-order valence-electron chi connectivity index (χ2n) is 11.0. The first-order valence-corrected chi connectivity index (χ1v) is 14.7. The van der Waals surface area contributed by atoms with Crippen molar-refractivity contribution >= 4 is 29.4 Å². The van der Waals surface area contributed by atoms with E-state index < -0.39 is 23.8 Å². The number of ether oxygens (including phenoxy) is 3. The third-order valence-electron chi connectivity index (χ3n) is 8.28. The van der Waals surface area contributed by atoms with Crippen LogP contribution in [-0.2, 0) is 19.1 Å². The second kappa shape index (κ2) is 14.8. The molecule has 0 radical (unpaired) electrons. The number of nitrogens with one attached hydrogen (secondary N) is 2. The molecule has 2 unspecified atom stereocenters. The lowest BCUT2D eigenvalue weighted by atomic mass is 9.75. The molecule has 2 heterocycles. The van der Waals surface area contributed by atoms with Crippen LogP contribution >= 0.6 is 0 Å². The number of anilines is 1. The highest BCUT2D eigenvalue weighted by Crippen LogP contribution is 2.40. The maximum absolute atomic E-state index is 12.8. The number of methoxy groups -OCH3 is 3. The summed E-state index contributed by atoms with van der Waals surface area (Å²) in [6.45, 7) is 6.97. The third-order valence-corrected chi connectivity index (χ3v) is 8.28. The highest BCUT2D eigenvalue weighted by molar-refractivity contribution is 6.07. The quantitative estimate of drug-likeness (QED) is 0.299. The van der Waals surface area contributed by atoms with Crippen molar-refractivity contribution in [2.24, 2.45) is 10.9 Å². The van der Waals surface area contributed by atoms with Crippen LogP contribution in [0.5, 0.6) is 5.75 Å². The second-order valence-corrected chi connectivity index (χ2v) is 11.0. The largest absolute Gasteiger partial charge is 0.497 e. The number of aliphatic imine (C=N–C) groups is 1. The van der Waals surface area contributed by atoms with Gasteiger partial charge in [0.05, 0.1) is 26.9 Å². The summed E-state index contributed by atoms with van der Waals surface area (Å²) in [6.07, 6.45) is 3.05. The zero-order valence-corrected chi connectivity index (χ0v) is 25.6. The van der Waals surface area contributed by atoms with Crippen molar-refractivity contribution in [2.75, 3.05) is 52.8 Å². The Morgan fingerprint density at radius 2 is 1.67 bits per heavy atom. The predicted octanol–water partition coefficient (Wildman–Crippen LogP) is 4.88. The van der Waals surface area contributed by atoms with Gasteiger partial charge in [-0.05, 0) is 94.1 Å². The Morgan fingerprint density at radius 3 is 2.37 bits per heavy atom. The van der Waals surface area contributed by atoms with Crippen LogP contribution in [0.2, 0.25) is 0 Å². The number of amides is 2. The van der Waals surface area contributed by atoms with E-state index >= 15 is 0 Å². The summed E-state index contributed by atoms with van der Waals surface area (Å²) >= 11 is 0. The summed E-state index contributed by atoms with van der Waals surface area (Å²) in [5.41, 5.74) is 3.86. The van der Waals surface area contributed by atoms with Gasteiger partial charge in [0.15, 0.2) is 0 Å². The molecule has 0 aromatic heterocycles. The molecule has 2 aromatic carbocycles. The van der Waals surface area contributed by atoms with Crippen LogP contribution in [0.15, 0.2) is 64.8 Å². The molecule has 0 aliphatic carbocycles. The molecule has 1 fully saturated rings. The number of nitrogens with zero attached hydrogens (tertiary/aromatic N) is 2. The molecule has 2 aromatic rings. The normalized spacial score (nSPS) is 19.3. The number of rotatable bonds is 10. The van der Waals surface area contributed by atoms with Crippen LogP contribution in [0.1, 0.15) is 56.1 Å². The molecule has 1 saturated heterocycles. The van der Waals surface area contributed by atoms with Crippen LogP contribution in [0.25, 0.3) is 0 Å². The van der Waals surface area contributed by atoms with Gasteiger partial charge in [-0.2, -0.15) is 0 Å². The smallest absolute Gasteiger partial charge is 0.336 e. The van der Waals surface area contributed by atoms with Crippen molar-refractivity contribution in [3.8, 4) is 5.75 Å². The molecule has 0 spiro atoms. The summed E-state index contributed by atoms with van der Waals surface area (Å²) in [5.74, 6) is -1.09. The Bertz CT molecular complexity index is 1380. The SMILES string of the molecule is COC(=O)C1=C(C)N=C(C)C(C(=O)OC)C1c1cccc(NC(=O)NCCCN2CCC(c3cccc(OC)c3)CC2)c1. The number of esters is 2. The number of carbonyl (C=O) groups excluding carboxylic acids is 3. The van der Waals surface area contributed by atoms with Gasteiger partial charge in [-0.1, -0.05) is 24.3 Å². The maximum atomic E-state index is 12.8. The van der Waals surface area contributed by atoms with Crippen molar-refractivity contribution < 1.29 is 28.6 Å². The molecule has 43 heavy (non-hydrogen) atoms. The van der Waals surface area contributed by atoms with Crippen molar-refractivity contribution in [2.45, 2.75) is 44.9 Å². The van der Waals surface area contributed by atoms with Gasteiger partial charge in [0, 0.05) is 29.6 Å². The fourth-order valence-electron chi connectivity index (χ4n) is 6.08. The first kappa shape index (κ1) is 31.7. The average molecular weight is 591 g/mol. The van der Waals surface area contributed by atoms with E-state index in [1.807, 2.05) is 12.1 Å². The van der Waals surface area contributed by atoms with E-state index in [9.17, 15) is 14.4 Å². The molecule has 10 heteroatoms. The van der Waals surface area contributed by atoms with Crippen LogP contribution in [0.4, 0.5) is 10.5 Å². The summed E-state index contributed by atoms with van der Waals surface area (Å²) in [4.78, 5) is 45.2. The minimum atomic E-state index is -0.799. The summed E-state index contributed by atoms with van der Waals surface area (Å²) in [7, 11) is 4.30. The Hall–Kier alpha value is -4.18. The summed E-state index contributed by atoms with van der Waals surface area (Å²) in [6, 6.07) is 15.1. The van der Waals surface area contributed by atoms with Gasteiger partial charge in [-0.25, -0.2) is 9.59 Å². The lowest BCUT2D eigenvalue weighted by Gasteiger charge is -2.32. The van der Waals surface area contributed by atoms with Gasteiger partial charge in [0.25, 0.3) is 0 Å². The number of benzene rings is 2. The Morgan fingerprint density at radius 1 is 0.953 bits per heavy atom. The Kier molecular flexibility index (Phi) is 10.9. The molecule has 2 aliphatic rings. The van der Waals surface area contributed by atoms with Crippen molar-refractivity contribution in [3.63, 3.8) is 0 Å². The highest BCUT2D eigenvalue weighted by atomic mass is 16.5. The molecule has 0 saturated carbocycles. The number of hydrogen-bond acceptors (Lipinski definition) is 8. The minimum absolute atomic E-state index is 0.289. The molecule has 10 nitrogen and oxygen atoms in total. The predicted molar refractivity (Wildman–Crippen MR) is 166 cm³/mol. The molecule has 4 rings (SSSR count). The van der Waals surface area contributed by atoms with Crippen LogP contribution in [0, 0.1) is 5.92 Å². The number of carbonyl (C=O) groups is 3. The van der Waals surface area contributed by atoms with Crippen molar-refractivity contribution in [1.82, 2.24) is 10.2 Å². The lowest BCUT2D eigenvalue weighted by Crippen LogP contribution is -2.36. The number of hydrogen-bond donors (Lipinski definition) is 2. The fourth-order valence-corrected chi connectivity index (χ4v) is 6.08. The van der Waals surface area contributed by atoms with Gasteiger partial charge in [-0.3, -0.25) is 9.79 Å². The van der Waals surface area contributed by atoms with E-state index in [2.05, 4.69) is 38.7 Å². The van der Waals surface area contributed by atoms with Crippen LogP contribution in [0.3, 0.4) is 0 Å². The van der Waals surface area contributed by atoms with E-state index in [4.69, 9.17) is 14.2 Å². The Labute approximate surface area is 253 Å².